The summed E-state index contributed by atoms with van der Waals surface area (Å²) in [5.41, 5.74) is 4.17. The summed E-state index contributed by atoms with van der Waals surface area (Å²) >= 11 is 0. The van der Waals surface area contributed by atoms with Crippen LogP contribution < -0.4 is 0 Å². The number of carboxylic acids is 1. The van der Waals surface area contributed by atoms with Gasteiger partial charge in [-0.3, -0.25) is 14.5 Å². The van der Waals surface area contributed by atoms with Crippen molar-refractivity contribution in [1.29, 1.82) is 0 Å². The molecule has 1 aliphatic heterocycles. The molecular formula is C29H34F2N2O3. The molecule has 3 aliphatic rings. The van der Waals surface area contributed by atoms with Crippen molar-refractivity contribution in [3.63, 3.8) is 0 Å². The highest BCUT2D eigenvalue weighted by atomic mass is 19.1. The predicted molar refractivity (Wildman–Crippen MR) is 133 cm³/mol. The maximum absolute atomic E-state index is 14.5. The smallest absolute Gasteiger partial charge is 0.321 e. The Balaban J connectivity index is 1.26. The van der Waals surface area contributed by atoms with Crippen LogP contribution in [-0.4, -0.2) is 58.5 Å². The minimum absolute atomic E-state index is 0.00104. The molecular weight excluding hydrogens is 462 g/mol. The van der Waals surface area contributed by atoms with Crippen LogP contribution in [0.1, 0.15) is 60.8 Å². The molecule has 1 heterocycles. The summed E-state index contributed by atoms with van der Waals surface area (Å²) in [6.07, 6.45) is 5.97. The second kappa shape index (κ2) is 10.3. The van der Waals surface area contributed by atoms with Crippen LogP contribution in [0.15, 0.2) is 36.4 Å². The molecule has 2 fully saturated rings. The van der Waals surface area contributed by atoms with Crippen LogP contribution in [-0.2, 0) is 28.9 Å². The fourth-order valence-electron chi connectivity index (χ4n) is 6.59. The van der Waals surface area contributed by atoms with E-state index in [1.165, 1.54) is 23.3 Å². The van der Waals surface area contributed by atoms with Crippen molar-refractivity contribution < 1.29 is 23.5 Å². The summed E-state index contributed by atoms with van der Waals surface area (Å²) < 4.78 is 27.9. The fraction of sp³-hybridized carbons (Fsp3) is 0.517. The highest BCUT2D eigenvalue weighted by Crippen LogP contribution is 2.42. The molecule has 0 bridgehead atoms. The van der Waals surface area contributed by atoms with Gasteiger partial charge in [-0.2, -0.15) is 0 Å². The van der Waals surface area contributed by atoms with Gasteiger partial charge in [0, 0.05) is 37.7 Å². The fourth-order valence-corrected chi connectivity index (χ4v) is 6.59. The minimum atomic E-state index is -0.842. The third-order valence-electron chi connectivity index (χ3n) is 8.45. The zero-order valence-electron chi connectivity index (χ0n) is 20.8. The first kappa shape index (κ1) is 24.9. The van der Waals surface area contributed by atoms with Gasteiger partial charge in [0.05, 0.1) is 0 Å². The van der Waals surface area contributed by atoms with Crippen LogP contribution in [0.25, 0.3) is 0 Å². The molecule has 0 unspecified atom stereocenters. The Labute approximate surface area is 211 Å². The second-order valence-electron chi connectivity index (χ2n) is 10.7. The number of carboxylic acid groups (broad SMARTS) is 1. The van der Waals surface area contributed by atoms with E-state index in [1.54, 1.807) is 0 Å². The number of aliphatic carboxylic acids is 1. The number of halogens is 2. The normalized spacial score (nSPS) is 25.1. The Morgan fingerprint density at radius 1 is 1.03 bits per heavy atom. The molecule has 1 saturated heterocycles. The van der Waals surface area contributed by atoms with Gasteiger partial charge in [-0.25, -0.2) is 8.78 Å². The van der Waals surface area contributed by atoms with Crippen molar-refractivity contribution in [3.05, 3.63) is 70.3 Å². The van der Waals surface area contributed by atoms with Crippen molar-refractivity contribution in [2.24, 2.45) is 5.92 Å². The third-order valence-corrected chi connectivity index (χ3v) is 8.45. The molecule has 1 saturated carbocycles. The van der Waals surface area contributed by atoms with Crippen LogP contribution in [0.5, 0.6) is 0 Å². The molecule has 0 spiro atoms. The number of rotatable bonds is 6. The number of amides is 1. The van der Waals surface area contributed by atoms with Crippen molar-refractivity contribution in [1.82, 2.24) is 9.80 Å². The molecule has 5 rings (SSSR count). The number of piperazine rings is 1. The number of hydrogen-bond acceptors (Lipinski definition) is 3. The first-order valence-corrected chi connectivity index (χ1v) is 13.1. The monoisotopic (exact) mass is 496 g/mol. The lowest BCUT2D eigenvalue weighted by molar-refractivity contribution is -0.147. The maximum atomic E-state index is 14.5. The van der Waals surface area contributed by atoms with E-state index in [2.05, 4.69) is 18.2 Å². The Hall–Kier alpha value is -2.80. The number of carbonyl (C=O) groups excluding carboxylic acids is 1. The summed E-state index contributed by atoms with van der Waals surface area (Å²) in [4.78, 5) is 29.6. The number of hydrogen-bond donors (Lipinski definition) is 1. The first-order valence-electron chi connectivity index (χ1n) is 13.1. The summed E-state index contributed by atoms with van der Waals surface area (Å²) in [6.45, 7) is 3.38. The Morgan fingerprint density at radius 2 is 1.83 bits per heavy atom. The van der Waals surface area contributed by atoms with E-state index >= 15 is 0 Å². The number of benzene rings is 2. The van der Waals surface area contributed by atoms with Gasteiger partial charge in [-0.05, 0) is 79.7 Å². The van der Waals surface area contributed by atoms with E-state index in [-0.39, 0.29) is 23.8 Å². The zero-order valence-corrected chi connectivity index (χ0v) is 20.8. The Bertz CT molecular complexity index is 1150. The van der Waals surface area contributed by atoms with Crippen LogP contribution in [0.3, 0.4) is 0 Å². The average molecular weight is 497 g/mol. The van der Waals surface area contributed by atoms with Crippen LogP contribution >= 0.6 is 0 Å². The summed E-state index contributed by atoms with van der Waals surface area (Å²) in [7, 11) is 0. The molecule has 2 aromatic carbocycles. The highest BCUT2D eigenvalue weighted by Gasteiger charge is 2.41. The highest BCUT2D eigenvalue weighted by molar-refractivity contribution is 5.81. The van der Waals surface area contributed by atoms with E-state index < -0.39 is 23.6 Å². The Kier molecular flexibility index (Phi) is 7.11. The molecule has 7 heteroatoms. The molecule has 1 N–H and O–H groups in total. The topological polar surface area (TPSA) is 60.9 Å². The summed E-state index contributed by atoms with van der Waals surface area (Å²) in [5, 5.41) is 10.0. The Morgan fingerprint density at radius 3 is 2.58 bits per heavy atom. The molecule has 0 radical (unpaired) electrons. The maximum Gasteiger partial charge on any atom is 0.321 e. The van der Waals surface area contributed by atoms with Gasteiger partial charge in [0.15, 0.2) is 0 Å². The molecule has 1 amide bonds. The number of nitrogens with zero attached hydrogens (tertiary/aromatic N) is 2. The van der Waals surface area contributed by atoms with Crippen molar-refractivity contribution in [2.75, 3.05) is 19.6 Å². The van der Waals surface area contributed by atoms with Gasteiger partial charge in [-0.1, -0.05) is 30.7 Å². The molecule has 2 aromatic rings. The SMILES string of the molecule is C[C@H]1CN([C@@H](Cc2ccc3c(c2)CCC3)C(=O)O)CCN1C(=O)[C@@H]1CCC[C@H]1c1ccc(F)cc1F. The van der Waals surface area contributed by atoms with Gasteiger partial charge in [0.25, 0.3) is 0 Å². The lowest BCUT2D eigenvalue weighted by Gasteiger charge is -2.43. The zero-order chi connectivity index (χ0) is 25.4. The van der Waals surface area contributed by atoms with E-state index in [0.29, 0.717) is 44.5 Å². The van der Waals surface area contributed by atoms with E-state index in [4.69, 9.17) is 0 Å². The minimum Gasteiger partial charge on any atom is -0.480 e. The van der Waals surface area contributed by atoms with Crippen molar-refractivity contribution >= 4 is 11.9 Å². The molecule has 4 atom stereocenters. The average Bonchev–Trinajstić information content (AvgIpc) is 3.51. The van der Waals surface area contributed by atoms with Gasteiger partial charge in [0.2, 0.25) is 5.91 Å². The number of fused-ring (bicyclic) bond motifs is 1. The van der Waals surface area contributed by atoms with Crippen molar-refractivity contribution in [2.45, 2.75) is 69.9 Å². The van der Waals surface area contributed by atoms with Gasteiger partial charge in [0.1, 0.15) is 17.7 Å². The summed E-state index contributed by atoms with van der Waals surface area (Å²) in [5.74, 6) is -2.64. The van der Waals surface area contributed by atoms with Crippen LogP contribution in [0.4, 0.5) is 8.78 Å². The third kappa shape index (κ3) is 4.90. The van der Waals surface area contributed by atoms with Gasteiger partial charge in [-0.15, -0.1) is 0 Å². The lowest BCUT2D eigenvalue weighted by atomic mass is 9.87. The van der Waals surface area contributed by atoms with E-state index in [1.807, 2.05) is 16.7 Å². The number of carbonyl (C=O) groups is 2. The lowest BCUT2D eigenvalue weighted by Crippen LogP contribution is -2.59. The van der Waals surface area contributed by atoms with E-state index in [9.17, 15) is 23.5 Å². The van der Waals surface area contributed by atoms with Crippen molar-refractivity contribution in [3.8, 4) is 0 Å². The largest absolute Gasteiger partial charge is 0.480 e. The number of aryl methyl sites for hydroxylation is 2. The first-order chi connectivity index (χ1) is 17.3. The second-order valence-corrected chi connectivity index (χ2v) is 10.7. The molecule has 5 nitrogen and oxygen atoms in total. The standard InChI is InChI=1S/C29H34F2N2O3/c1-18-17-32(27(29(35)36)15-19-8-9-20-4-2-5-21(20)14-19)12-13-33(18)28(34)25-7-3-6-23(25)24-11-10-22(30)16-26(24)31/h8-11,14,16,18,23,25,27H,2-7,12-13,15,17H2,1H3,(H,35,36)/t18-,23-,25+,27-/m0/s1. The molecule has 0 aromatic heterocycles. The predicted octanol–water partition coefficient (Wildman–Crippen LogP) is 4.57. The van der Waals surface area contributed by atoms with Gasteiger partial charge < -0.3 is 10.0 Å². The molecule has 192 valence electrons. The molecule has 2 aliphatic carbocycles. The quantitative estimate of drug-likeness (QED) is 0.637. The van der Waals surface area contributed by atoms with E-state index in [0.717, 1.165) is 37.3 Å². The van der Waals surface area contributed by atoms with Crippen LogP contribution in [0.2, 0.25) is 0 Å². The molecule has 36 heavy (non-hydrogen) atoms. The summed E-state index contributed by atoms with van der Waals surface area (Å²) in [6, 6.07) is 9.19. The van der Waals surface area contributed by atoms with Gasteiger partial charge >= 0.3 is 5.97 Å². The van der Waals surface area contributed by atoms with Crippen LogP contribution in [0, 0.1) is 17.6 Å².